The zero-order valence-corrected chi connectivity index (χ0v) is 7.47. The summed E-state index contributed by atoms with van der Waals surface area (Å²) < 4.78 is 0. The maximum absolute atomic E-state index is 5.27. The van der Waals surface area contributed by atoms with Crippen molar-refractivity contribution in [1.29, 1.82) is 0 Å². The molecule has 4 heteroatoms. The fourth-order valence-electron chi connectivity index (χ4n) is 1.32. The molecule has 0 aromatic carbocycles. The van der Waals surface area contributed by atoms with Crippen LogP contribution in [0.25, 0.3) is 0 Å². The first kappa shape index (κ1) is 9.32. The molecule has 0 bridgehead atoms. The molecule has 1 aliphatic heterocycles. The lowest BCUT2D eigenvalue weighted by molar-refractivity contribution is 0.597. The van der Waals surface area contributed by atoms with Gasteiger partial charge in [0.15, 0.2) is 0 Å². The predicted octanol–water partition coefficient (Wildman–Crippen LogP) is 0.359. The number of nitrogens with two attached hydrogens (primary N) is 1. The highest BCUT2D eigenvalue weighted by molar-refractivity contribution is 5.79. The van der Waals surface area contributed by atoms with Crippen LogP contribution in [0.15, 0.2) is 4.99 Å². The molecule has 0 aromatic heterocycles. The third-order valence-electron chi connectivity index (χ3n) is 2.03. The molecule has 0 aromatic rings. The zero-order valence-electron chi connectivity index (χ0n) is 7.47. The molecule has 0 saturated carbocycles. The second-order valence-electron chi connectivity index (χ2n) is 3.07. The van der Waals surface area contributed by atoms with Crippen LogP contribution >= 0.6 is 0 Å². The van der Waals surface area contributed by atoms with Crippen molar-refractivity contribution in [2.75, 3.05) is 13.1 Å². The predicted molar refractivity (Wildman–Crippen MR) is 50.7 cm³/mol. The van der Waals surface area contributed by atoms with Crippen LogP contribution in [0.4, 0.5) is 0 Å². The lowest BCUT2D eigenvalue weighted by Gasteiger charge is -2.10. The van der Waals surface area contributed by atoms with Crippen molar-refractivity contribution in [3.63, 3.8) is 0 Å². The number of rotatable bonds is 0. The summed E-state index contributed by atoms with van der Waals surface area (Å²) in [5.74, 6) is 6.00. The van der Waals surface area contributed by atoms with Gasteiger partial charge in [0.2, 0.25) is 5.96 Å². The van der Waals surface area contributed by atoms with Crippen LogP contribution in [0.3, 0.4) is 0 Å². The van der Waals surface area contributed by atoms with E-state index >= 15 is 0 Å². The lowest BCUT2D eigenvalue weighted by atomic mass is 10.1. The molecule has 0 aliphatic carbocycles. The number of hydrogen-bond acceptors (Lipinski definition) is 4. The standard InChI is InChI=1S/C8H18N4/c9-12-8-10-6-4-2-1-3-5-7-11-8/h1-7,9H2,(H2,10,11,12). The Kier molecular flexibility index (Phi) is 4.52. The van der Waals surface area contributed by atoms with Crippen molar-refractivity contribution in [1.82, 2.24) is 10.7 Å². The zero-order chi connectivity index (χ0) is 8.65. The third-order valence-corrected chi connectivity index (χ3v) is 2.03. The maximum atomic E-state index is 5.27. The Morgan fingerprint density at radius 1 is 1.17 bits per heavy atom. The first-order valence-corrected chi connectivity index (χ1v) is 4.68. The smallest absolute Gasteiger partial charge is 0.205 e. The molecule has 0 radical (unpaired) electrons. The largest absolute Gasteiger partial charge is 0.355 e. The van der Waals surface area contributed by atoms with Crippen LogP contribution in [0.1, 0.15) is 32.1 Å². The second kappa shape index (κ2) is 5.83. The van der Waals surface area contributed by atoms with Gasteiger partial charge in [0, 0.05) is 13.1 Å². The summed E-state index contributed by atoms with van der Waals surface area (Å²) in [5.41, 5.74) is 2.56. The summed E-state index contributed by atoms with van der Waals surface area (Å²) in [4.78, 5) is 4.27. The van der Waals surface area contributed by atoms with E-state index in [1.54, 1.807) is 0 Å². The fourth-order valence-corrected chi connectivity index (χ4v) is 1.32. The second-order valence-corrected chi connectivity index (χ2v) is 3.07. The van der Waals surface area contributed by atoms with Crippen LogP contribution in [-0.2, 0) is 0 Å². The summed E-state index contributed by atoms with van der Waals surface area (Å²) in [6.45, 7) is 1.86. The molecule has 0 atom stereocenters. The van der Waals surface area contributed by atoms with E-state index in [9.17, 15) is 0 Å². The molecule has 1 heterocycles. The number of hydrazine groups is 1. The van der Waals surface area contributed by atoms with Gasteiger partial charge in [-0.1, -0.05) is 19.3 Å². The van der Waals surface area contributed by atoms with Gasteiger partial charge in [0.25, 0.3) is 0 Å². The minimum atomic E-state index is 0.733. The molecule has 0 unspecified atom stereocenters. The van der Waals surface area contributed by atoms with Crippen molar-refractivity contribution in [2.24, 2.45) is 10.8 Å². The van der Waals surface area contributed by atoms with Gasteiger partial charge in [-0.05, 0) is 12.8 Å². The highest BCUT2D eigenvalue weighted by Gasteiger charge is 1.97. The van der Waals surface area contributed by atoms with E-state index < -0.39 is 0 Å². The van der Waals surface area contributed by atoms with E-state index in [0.717, 1.165) is 19.0 Å². The normalized spacial score (nSPS) is 20.6. The Labute approximate surface area is 73.6 Å². The minimum absolute atomic E-state index is 0.733. The van der Waals surface area contributed by atoms with Crippen LogP contribution in [-0.4, -0.2) is 19.0 Å². The summed E-state index contributed by atoms with van der Waals surface area (Å²) >= 11 is 0. The van der Waals surface area contributed by atoms with E-state index in [1.165, 1.54) is 32.1 Å². The maximum Gasteiger partial charge on any atom is 0.205 e. The fraction of sp³-hybridized carbons (Fsp3) is 0.875. The Hall–Kier alpha value is -0.770. The van der Waals surface area contributed by atoms with Crippen LogP contribution in [0.5, 0.6) is 0 Å². The van der Waals surface area contributed by atoms with Crippen molar-refractivity contribution >= 4 is 5.96 Å². The van der Waals surface area contributed by atoms with Crippen LogP contribution < -0.4 is 16.6 Å². The van der Waals surface area contributed by atoms with Crippen molar-refractivity contribution < 1.29 is 0 Å². The number of nitrogens with zero attached hydrogens (tertiary/aromatic N) is 1. The summed E-state index contributed by atoms with van der Waals surface area (Å²) in [6.07, 6.45) is 6.32. The van der Waals surface area contributed by atoms with Crippen molar-refractivity contribution in [2.45, 2.75) is 32.1 Å². The molecular weight excluding hydrogens is 152 g/mol. The molecule has 4 nitrogen and oxygen atoms in total. The Bertz CT molecular complexity index is 144. The van der Waals surface area contributed by atoms with Gasteiger partial charge in [-0.2, -0.15) is 0 Å². The van der Waals surface area contributed by atoms with Gasteiger partial charge in [0.1, 0.15) is 0 Å². The van der Waals surface area contributed by atoms with Gasteiger partial charge in [0.05, 0.1) is 0 Å². The monoisotopic (exact) mass is 170 g/mol. The average molecular weight is 170 g/mol. The molecule has 0 fully saturated rings. The summed E-state index contributed by atoms with van der Waals surface area (Å²) in [7, 11) is 0. The van der Waals surface area contributed by atoms with E-state index in [4.69, 9.17) is 5.84 Å². The number of aliphatic imine (C=N–C) groups is 1. The van der Waals surface area contributed by atoms with Gasteiger partial charge in [-0.25, -0.2) is 5.84 Å². The highest BCUT2D eigenvalue weighted by atomic mass is 15.3. The van der Waals surface area contributed by atoms with E-state index in [2.05, 4.69) is 15.7 Å². The Balaban J connectivity index is 2.32. The van der Waals surface area contributed by atoms with Crippen LogP contribution in [0.2, 0.25) is 0 Å². The molecule has 0 spiro atoms. The van der Waals surface area contributed by atoms with Gasteiger partial charge >= 0.3 is 0 Å². The molecular formula is C8H18N4. The quantitative estimate of drug-likeness (QED) is 0.363. The van der Waals surface area contributed by atoms with Gasteiger partial charge in [-0.15, -0.1) is 0 Å². The van der Waals surface area contributed by atoms with E-state index in [-0.39, 0.29) is 0 Å². The Morgan fingerprint density at radius 2 is 1.92 bits per heavy atom. The van der Waals surface area contributed by atoms with E-state index in [1.807, 2.05) is 0 Å². The average Bonchev–Trinajstić information content (AvgIpc) is 2.14. The Morgan fingerprint density at radius 3 is 2.75 bits per heavy atom. The van der Waals surface area contributed by atoms with Crippen molar-refractivity contribution in [3.8, 4) is 0 Å². The molecule has 70 valence electrons. The SMILES string of the molecule is NNC1=NCCCCCCCN1. The molecule has 0 saturated heterocycles. The number of guanidine groups is 1. The van der Waals surface area contributed by atoms with Crippen molar-refractivity contribution in [3.05, 3.63) is 0 Å². The van der Waals surface area contributed by atoms with Gasteiger partial charge in [-0.3, -0.25) is 10.4 Å². The third kappa shape index (κ3) is 3.57. The first-order chi connectivity index (χ1) is 5.93. The molecule has 1 aliphatic rings. The number of hydrogen-bond donors (Lipinski definition) is 3. The number of nitrogens with one attached hydrogen (secondary N) is 2. The minimum Gasteiger partial charge on any atom is -0.355 e. The summed E-state index contributed by atoms with van der Waals surface area (Å²) in [5, 5.41) is 3.15. The molecule has 4 N–H and O–H groups in total. The topological polar surface area (TPSA) is 62.4 Å². The van der Waals surface area contributed by atoms with E-state index in [0.29, 0.717) is 0 Å². The van der Waals surface area contributed by atoms with Crippen LogP contribution in [0, 0.1) is 0 Å². The molecule has 12 heavy (non-hydrogen) atoms. The lowest BCUT2D eigenvalue weighted by Crippen LogP contribution is -2.42. The van der Waals surface area contributed by atoms with Gasteiger partial charge < -0.3 is 5.32 Å². The highest BCUT2D eigenvalue weighted by Crippen LogP contribution is 2.03. The molecule has 1 rings (SSSR count). The molecule has 0 amide bonds. The first-order valence-electron chi connectivity index (χ1n) is 4.68. The summed E-state index contributed by atoms with van der Waals surface area (Å²) in [6, 6.07) is 0.